The molecule has 1 aliphatic rings. The number of carbonyl (C=O) groups is 1. The average Bonchev–Trinajstić information content (AvgIpc) is 2.92. The van der Waals surface area contributed by atoms with Gasteiger partial charge in [0.2, 0.25) is 0 Å². The zero-order valence-corrected chi connectivity index (χ0v) is 15.6. The van der Waals surface area contributed by atoms with Crippen LogP contribution in [0.5, 0.6) is 5.75 Å². The number of rotatable bonds is 2. The Morgan fingerprint density at radius 1 is 1.22 bits per heavy atom. The largest absolute Gasteiger partial charge is 0.491 e. The van der Waals surface area contributed by atoms with Crippen molar-refractivity contribution < 1.29 is 14.1 Å². The van der Waals surface area contributed by atoms with Gasteiger partial charge in [0.25, 0.3) is 5.91 Å². The molecule has 0 aliphatic carbocycles. The summed E-state index contributed by atoms with van der Waals surface area (Å²) in [7, 11) is 0. The second-order valence-electron chi connectivity index (χ2n) is 6.86. The van der Waals surface area contributed by atoms with E-state index in [1.54, 1.807) is 20.0 Å². The number of fused-ring (bicyclic) bond motifs is 1. The number of benzene rings is 1. The molecule has 1 atom stereocenters. The highest BCUT2D eigenvalue weighted by molar-refractivity contribution is 5.96. The summed E-state index contributed by atoms with van der Waals surface area (Å²) in [6, 6.07) is 9.91. The first-order valence-electron chi connectivity index (χ1n) is 8.94. The van der Waals surface area contributed by atoms with E-state index in [-0.39, 0.29) is 11.9 Å². The average molecular weight is 363 g/mol. The SMILES string of the molecule is Cc1noc(C)c1C(=O)N1Cc2cc(-c3cccnc3)ccc2OC[C@@H]1C. The van der Waals surface area contributed by atoms with Crippen LogP contribution in [0.2, 0.25) is 0 Å². The first kappa shape index (κ1) is 17.3. The molecule has 0 unspecified atom stereocenters. The maximum Gasteiger partial charge on any atom is 0.260 e. The van der Waals surface area contributed by atoms with Crippen LogP contribution < -0.4 is 4.74 Å². The molecule has 1 amide bonds. The van der Waals surface area contributed by atoms with Crippen molar-refractivity contribution in [3.05, 3.63) is 65.3 Å². The van der Waals surface area contributed by atoms with Gasteiger partial charge in [0.1, 0.15) is 23.7 Å². The van der Waals surface area contributed by atoms with Crippen LogP contribution in [0.1, 0.15) is 34.3 Å². The van der Waals surface area contributed by atoms with Gasteiger partial charge in [-0.05, 0) is 44.5 Å². The third kappa shape index (κ3) is 3.18. The Bertz CT molecular complexity index is 962. The van der Waals surface area contributed by atoms with Gasteiger partial charge in [-0.15, -0.1) is 0 Å². The summed E-state index contributed by atoms with van der Waals surface area (Å²) in [5.41, 5.74) is 4.19. The molecule has 0 fully saturated rings. The fraction of sp³-hybridized carbons (Fsp3) is 0.286. The molecular formula is C21H21N3O3. The van der Waals surface area contributed by atoms with E-state index in [1.165, 1.54) is 0 Å². The van der Waals surface area contributed by atoms with Crippen molar-refractivity contribution in [2.24, 2.45) is 0 Å². The molecule has 6 nitrogen and oxygen atoms in total. The normalized spacial score (nSPS) is 16.4. The number of carbonyl (C=O) groups excluding carboxylic acids is 1. The predicted octanol–water partition coefficient (Wildman–Crippen LogP) is 3.78. The van der Waals surface area contributed by atoms with Crippen LogP contribution in [0.15, 0.2) is 47.2 Å². The molecule has 0 saturated heterocycles. The summed E-state index contributed by atoms with van der Waals surface area (Å²) in [5, 5.41) is 3.92. The number of aryl methyl sites for hydroxylation is 2. The van der Waals surface area contributed by atoms with Crippen molar-refractivity contribution >= 4 is 5.91 Å². The lowest BCUT2D eigenvalue weighted by molar-refractivity contribution is 0.0643. The Hall–Kier alpha value is -3.15. The van der Waals surface area contributed by atoms with Crippen LogP contribution in [0, 0.1) is 13.8 Å². The highest BCUT2D eigenvalue weighted by Crippen LogP contribution is 2.31. The molecule has 27 heavy (non-hydrogen) atoms. The molecule has 1 aromatic carbocycles. The third-order valence-corrected chi connectivity index (χ3v) is 4.92. The monoisotopic (exact) mass is 363 g/mol. The maximum atomic E-state index is 13.2. The second-order valence-corrected chi connectivity index (χ2v) is 6.86. The van der Waals surface area contributed by atoms with Crippen molar-refractivity contribution in [3.8, 4) is 16.9 Å². The number of nitrogens with zero attached hydrogens (tertiary/aromatic N) is 3. The number of amides is 1. The molecule has 6 heteroatoms. The van der Waals surface area contributed by atoms with Crippen molar-refractivity contribution in [1.82, 2.24) is 15.0 Å². The molecule has 138 valence electrons. The van der Waals surface area contributed by atoms with Gasteiger partial charge in [0, 0.05) is 23.5 Å². The second kappa shape index (κ2) is 6.87. The Balaban J connectivity index is 1.70. The quantitative estimate of drug-likeness (QED) is 0.693. The first-order valence-corrected chi connectivity index (χ1v) is 8.94. The van der Waals surface area contributed by atoms with Crippen LogP contribution in [-0.4, -0.2) is 33.6 Å². The van der Waals surface area contributed by atoms with Crippen LogP contribution in [-0.2, 0) is 6.54 Å². The Labute approximate surface area is 157 Å². The van der Waals surface area contributed by atoms with Crippen LogP contribution in [0.4, 0.5) is 0 Å². The Morgan fingerprint density at radius 2 is 2.07 bits per heavy atom. The molecule has 0 saturated carbocycles. The van der Waals surface area contributed by atoms with E-state index in [9.17, 15) is 4.79 Å². The molecule has 4 rings (SSSR count). The number of hydrogen-bond acceptors (Lipinski definition) is 5. The molecule has 2 aromatic heterocycles. The van der Waals surface area contributed by atoms with Gasteiger partial charge < -0.3 is 14.2 Å². The standard InChI is InChI=1S/C21H21N3O3/c1-13-12-26-19-7-6-16(17-5-4-8-22-10-17)9-18(19)11-24(13)21(25)20-14(2)23-27-15(20)3/h4-10,13H,11-12H2,1-3H3/t13-/m0/s1. The number of ether oxygens (including phenoxy) is 1. The summed E-state index contributed by atoms with van der Waals surface area (Å²) < 4.78 is 11.1. The van der Waals surface area contributed by atoms with Crippen LogP contribution in [0.25, 0.3) is 11.1 Å². The lowest BCUT2D eigenvalue weighted by Crippen LogP contribution is -2.40. The fourth-order valence-electron chi connectivity index (χ4n) is 3.40. The highest BCUT2D eigenvalue weighted by Gasteiger charge is 2.30. The topological polar surface area (TPSA) is 68.5 Å². The summed E-state index contributed by atoms with van der Waals surface area (Å²) in [6.45, 7) is 6.45. The zero-order chi connectivity index (χ0) is 19.0. The van der Waals surface area contributed by atoms with E-state index in [0.29, 0.717) is 30.2 Å². The van der Waals surface area contributed by atoms with Gasteiger partial charge >= 0.3 is 0 Å². The lowest BCUT2D eigenvalue weighted by atomic mass is 10.0. The molecule has 0 radical (unpaired) electrons. The van der Waals surface area contributed by atoms with Gasteiger partial charge in [0.05, 0.1) is 18.3 Å². The Morgan fingerprint density at radius 3 is 2.78 bits per heavy atom. The smallest absolute Gasteiger partial charge is 0.260 e. The molecule has 3 heterocycles. The van der Waals surface area contributed by atoms with E-state index in [2.05, 4.69) is 16.2 Å². The predicted molar refractivity (Wildman–Crippen MR) is 100 cm³/mol. The molecule has 0 spiro atoms. The summed E-state index contributed by atoms with van der Waals surface area (Å²) in [5.74, 6) is 1.27. The number of pyridine rings is 1. The minimum Gasteiger partial charge on any atom is -0.491 e. The summed E-state index contributed by atoms with van der Waals surface area (Å²) >= 11 is 0. The highest BCUT2D eigenvalue weighted by atomic mass is 16.5. The van der Waals surface area contributed by atoms with Gasteiger partial charge in [-0.2, -0.15) is 0 Å². The first-order chi connectivity index (χ1) is 13.0. The molecule has 0 N–H and O–H groups in total. The number of aromatic nitrogens is 2. The third-order valence-electron chi connectivity index (χ3n) is 4.92. The zero-order valence-electron chi connectivity index (χ0n) is 15.6. The van der Waals surface area contributed by atoms with E-state index in [1.807, 2.05) is 42.3 Å². The molecule has 0 bridgehead atoms. The van der Waals surface area contributed by atoms with E-state index in [4.69, 9.17) is 9.26 Å². The molecular weight excluding hydrogens is 342 g/mol. The van der Waals surface area contributed by atoms with E-state index < -0.39 is 0 Å². The van der Waals surface area contributed by atoms with E-state index in [0.717, 1.165) is 22.4 Å². The minimum absolute atomic E-state index is 0.0690. The Kier molecular flexibility index (Phi) is 4.39. The van der Waals surface area contributed by atoms with E-state index >= 15 is 0 Å². The van der Waals surface area contributed by atoms with Gasteiger partial charge in [0.15, 0.2) is 0 Å². The fourth-order valence-corrected chi connectivity index (χ4v) is 3.40. The summed E-state index contributed by atoms with van der Waals surface area (Å²) in [4.78, 5) is 19.2. The van der Waals surface area contributed by atoms with Crippen LogP contribution >= 0.6 is 0 Å². The van der Waals surface area contributed by atoms with Crippen molar-refractivity contribution in [3.63, 3.8) is 0 Å². The van der Waals surface area contributed by atoms with Crippen LogP contribution in [0.3, 0.4) is 0 Å². The van der Waals surface area contributed by atoms with Crippen molar-refractivity contribution in [2.45, 2.75) is 33.4 Å². The summed E-state index contributed by atoms with van der Waals surface area (Å²) in [6.07, 6.45) is 3.58. The minimum atomic E-state index is -0.0815. The molecule has 3 aromatic rings. The van der Waals surface area contributed by atoms with Gasteiger partial charge in [-0.25, -0.2) is 0 Å². The van der Waals surface area contributed by atoms with Crippen molar-refractivity contribution in [1.29, 1.82) is 0 Å². The molecule has 1 aliphatic heterocycles. The van der Waals surface area contributed by atoms with Gasteiger partial charge in [-0.1, -0.05) is 17.3 Å². The van der Waals surface area contributed by atoms with Crippen molar-refractivity contribution in [2.75, 3.05) is 6.61 Å². The lowest BCUT2D eigenvalue weighted by Gasteiger charge is -2.26. The maximum absolute atomic E-state index is 13.2. The number of hydrogen-bond donors (Lipinski definition) is 0. The van der Waals surface area contributed by atoms with Gasteiger partial charge in [-0.3, -0.25) is 9.78 Å².